The number of nitrogens with one attached hydrogen (secondary N) is 2. The maximum atomic E-state index is 13.4. The summed E-state index contributed by atoms with van der Waals surface area (Å²) >= 11 is 6.47. The van der Waals surface area contributed by atoms with E-state index in [9.17, 15) is 9.18 Å². The maximum Gasteiger partial charge on any atom is 0.320 e. The largest absolute Gasteiger partial charge is 0.487 e. The molecule has 2 N–H and O–H groups in total. The molecule has 0 amide bonds. The average molecular weight is 579 g/mol. The highest BCUT2D eigenvalue weighted by Gasteiger charge is 2.21. The Morgan fingerprint density at radius 3 is 2.73 bits per heavy atom. The van der Waals surface area contributed by atoms with Gasteiger partial charge in [0.25, 0.3) is 6.02 Å². The number of ether oxygens (including phenoxy) is 3. The third-order valence-corrected chi connectivity index (χ3v) is 6.25. The number of hydrogen-bond acceptors (Lipinski definition) is 10. The standard InChI is InChI=1S/C29H28ClFN6O4/c1-37(2)13-27(38)40-15-22-16-41-29(36-22)35-20-6-8-25-23(11-20)28(33-17-32-25)34-21-7-9-26(24(30)12-21)39-14-18-4-3-5-19(31)10-18/h3-12,17,22H,13-16H2,1-2H3,(H,35,36)(H,32,33,34)/t22-/m0/s1. The van der Waals surface area contributed by atoms with Crippen LogP contribution in [0.4, 0.5) is 21.6 Å². The molecule has 1 aromatic heterocycles. The fourth-order valence-electron chi connectivity index (χ4n) is 4.04. The van der Waals surface area contributed by atoms with Crippen LogP contribution in [0.15, 0.2) is 72.0 Å². The Morgan fingerprint density at radius 1 is 1.10 bits per heavy atom. The predicted octanol–water partition coefficient (Wildman–Crippen LogP) is 5.02. The van der Waals surface area contributed by atoms with Crippen LogP contribution < -0.4 is 15.4 Å². The van der Waals surface area contributed by atoms with Crippen molar-refractivity contribution in [3.05, 3.63) is 83.4 Å². The Balaban J connectivity index is 1.24. The number of halogens is 2. The van der Waals surface area contributed by atoms with Gasteiger partial charge in [-0.05, 0) is 68.2 Å². The molecule has 10 nitrogen and oxygen atoms in total. The van der Waals surface area contributed by atoms with Crippen LogP contribution in [0.1, 0.15) is 5.56 Å². The lowest BCUT2D eigenvalue weighted by atomic mass is 10.2. The predicted molar refractivity (Wildman–Crippen MR) is 155 cm³/mol. The number of aromatic nitrogens is 2. The molecule has 0 saturated heterocycles. The van der Waals surface area contributed by atoms with Gasteiger partial charge < -0.3 is 24.8 Å². The second-order valence-electron chi connectivity index (χ2n) is 9.59. The van der Waals surface area contributed by atoms with Gasteiger partial charge in [-0.2, -0.15) is 0 Å². The summed E-state index contributed by atoms with van der Waals surface area (Å²) in [5.41, 5.74) is 2.85. The maximum absolute atomic E-state index is 13.4. The molecule has 2 heterocycles. The van der Waals surface area contributed by atoms with Crippen molar-refractivity contribution < 1.29 is 23.4 Å². The molecule has 0 bridgehead atoms. The fraction of sp³-hybridized carbons (Fsp3) is 0.241. The monoisotopic (exact) mass is 578 g/mol. The van der Waals surface area contributed by atoms with Crippen molar-refractivity contribution in [2.24, 2.45) is 4.99 Å². The minimum Gasteiger partial charge on any atom is -0.487 e. The van der Waals surface area contributed by atoms with Crippen molar-refractivity contribution in [2.45, 2.75) is 12.6 Å². The van der Waals surface area contributed by atoms with Gasteiger partial charge in [0, 0.05) is 16.8 Å². The number of anilines is 3. The Labute approximate surface area is 241 Å². The Hall–Kier alpha value is -4.48. The minimum atomic E-state index is -0.321. The highest BCUT2D eigenvalue weighted by molar-refractivity contribution is 6.32. The quantitative estimate of drug-likeness (QED) is 0.251. The van der Waals surface area contributed by atoms with Gasteiger partial charge >= 0.3 is 5.97 Å². The summed E-state index contributed by atoms with van der Waals surface area (Å²) in [5.74, 6) is 0.416. The molecule has 0 fully saturated rings. The van der Waals surface area contributed by atoms with E-state index >= 15 is 0 Å². The molecule has 0 saturated carbocycles. The van der Waals surface area contributed by atoms with Crippen molar-refractivity contribution in [3.8, 4) is 5.75 Å². The van der Waals surface area contributed by atoms with E-state index in [-0.39, 0.29) is 37.6 Å². The van der Waals surface area contributed by atoms with Gasteiger partial charge in [-0.15, -0.1) is 0 Å². The van der Waals surface area contributed by atoms with Gasteiger partial charge in [0.15, 0.2) is 0 Å². The molecule has 4 aromatic rings. The summed E-state index contributed by atoms with van der Waals surface area (Å²) in [5, 5.41) is 7.59. The van der Waals surface area contributed by atoms with Crippen LogP contribution in [0.3, 0.4) is 0 Å². The normalized spacial score (nSPS) is 14.5. The van der Waals surface area contributed by atoms with Gasteiger partial charge in [0.05, 0.1) is 17.1 Å². The molecule has 5 rings (SSSR count). The van der Waals surface area contributed by atoms with E-state index in [1.165, 1.54) is 18.5 Å². The van der Waals surface area contributed by atoms with Gasteiger partial charge in [0.1, 0.15) is 49.6 Å². The van der Waals surface area contributed by atoms with E-state index in [0.717, 1.165) is 16.6 Å². The van der Waals surface area contributed by atoms with Crippen molar-refractivity contribution in [3.63, 3.8) is 0 Å². The second kappa shape index (κ2) is 12.8. The van der Waals surface area contributed by atoms with Gasteiger partial charge in [-0.25, -0.2) is 19.4 Å². The highest BCUT2D eigenvalue weighted by Crippen LogP contribution is 2.31. The van der Waals surface area contributed by atoms with Crippen molar-refractivity contribution in [2.75, 3.05) is 44.5 Å². The summed E-state index contributed by atoms with van der Waals surface area (Å²) in [6.45, 7) is 0.852. The smallest absolute Gasteiger partial charge is 0.320 e. The van der Waals surface area contributed by atoms with E-state index in [4.69, 9.17) is 25.8 Å². The number of esters is 1. The van der Waals surface area contributed by atoms with E-state index in [0.29, 0.717) is 40.5 Å². The molecule has 41 heavy (non-hydrogen) atoms. The minimum absolute atomic E-state index is 0.147. The summed E-state index contributed by atoms with van der Waals surface area (Å²) in [6.07, 6.45) is 1.47. The lowest BCUT2D eigenvalue weighted by molar-refractivity contribution is -0.144. The van der Waals surface area contributed by atoms with E-state index in [2.05, 4.69) is 25.6 Å². The highest BCUT2D eigenvalue weighted by atomic mass is 35.5. The molecule has 3 aromatic carbocycles. The Bertz CT molecular complexity index is 1580. The van der Waals surface area contributed by atoms with Crippen LogP contribution in [0.25, 0.3) is 10.9 Å². The number of aliphatic imine (C=N–C) groups is 1. The number of fused-ring (bicyclic) bond motifs is 1. The SMILES string of the molecule is CN(C)CC(=O)OC[C@H]1COC(Nc2ccc3ncnc(Nc4ccc(OCc5cccc(F)c5)c(Cl)c4)c3c2)=N1. The number of carbonyl (C=O) groups is 1. The first-order chi connectivity index (χ1) is 19.8. The molecule has 1 aliphatic rings. The van der Waals surface area contributed by atoms with Crippen LogP contribution >= 0.6 is 11.6 Å². The van der Waals surface area contributed by atoms with Gasteiger partial charge in [-0.3, -0.25) is 9.69 Å². The van der Waals surface area contributed by atoms with Crippen molar-refractivity contribution in [1.29, 1.82) is 0 Å². The molecular weight excluding hydrogens is 551 g/mol. The van der Waals surface area contributed by atoms with Crippen molar-refractivity contribution >= 4 is 51.7 Å². The number of benzene rings is 3. The molecule has 0 unspecified atom stereocenters. The third kappa shape index (κ3) is 7.59. The zero-order chi connectivity index (χ0) is 28.8. The van der Waals surface area contributed by atoms with Gasteiger partial charge in [0.2, 0.25) is 0 Å². The zero-order valence-corrected chi connectivity index (χ0v) is 23.2. The summed E-state index contributed by atoms with van der Waals surface area (Å²) in [6, 6.07) is 17.2. The number of hydrogen-bond donors (Lipinski definition) is 2. The lowest BCUT2D eigenvalue weighted by Gasteiger charge is -2.13. The first-order valence-corrected chi connectivity index (χ1v) is 13.2. The Kier molecular flexibility index (Phi) is 8.76. The van der Waals surface area contributed by atoms with Crippen LogP contribution in [0.2, 0.25) is 5.02 Å². The summed E-state index contributed by atoms with van der Waals surface area (Å²) in [4.78, 5) is 26.8. The number of likely N-dealkylation sites (N-methyl/N-ethyl adjacent to an activating group) is 1. The lowest BCUT2D eigenvalue weighted by Crippen LogP contribution is -2.26. The van der Waals surface area contributed by atoms with E-state index in [1.54, 1.807) is 43.3 Å². The molecular formula is C29H28ClFN6O4. The zero-order valence-electron chi connectivity index (χ0n) is 22.4. The summed E-state index contributed by atoms with van der Waals surface area (Å²) in [7, 11) is 3.60. The molecule has 0 spiro atoms. The first-order valence-electron chi connectivity index (χ1n) is 12.8. The second-order valence-corrected chi connectivity index (χ2v) is 10.00. The van der Waals surface area contributed by atoms with Crippen LogP contribution in [0.5, 0.6) is 5.75 Å². The van der Waals surface area contributed by atoms with Crippen LogP contribution in [-0.2, 0) is 20.9 Å². The molecule has 1 aliphatic heterocycles. The number of amidine groups is 1. The van der Waals surface area contributed by atoms with E-state index < -0.39 is 0 Å². The Morgan fingerprint density at radius 2 is 1.93 bits per heavy atom. The van der Waals surface area contributed by atoms with Gasteiger partial charge in [-0.1, -0.05) is 23.7 Å². The molecule has 12 heteroatoms. The number of rotatable bonds is 10. The van der Waals surface area contributed by atoms with Crippen LogP contribution in [0, 0.1) is 5.82 Å². The van der Waals surface area contributed by atoms with Crippen molar-refractivity contribution in [1.82, 2.24) is 14.9 Å². The topological polar surface area (TPSA) is 110 Å². The average Bonchev–Trinajstić information content (AvgIpc) is 3.39. The summed E-state index contributed by atoms with van der Waals surface area (Å²) < 4.78 is 30.1. The van der Waals surface area contributed by atoms with Crippen LogP contribution in [-0.4, -0.2) is 66.8 Å². The molecule has 1 atom stereocenters. The number of carbonyl (C=O) groups excluding carboxylic acids is 1. The first kappa shape index (κ1) is 28.1. The fourth-order valence-corrected chi connectivity index (χ4v) is 4.27. The molecule has 0 radical (unpaired) electrons. The number of nitrogens with zero attached hydrogens (tertiary/aromatic N) is 4. The molecule has 0 aliphatic carbocycles. The van der Waals surface area contributed by atoms with E-state index in [1.807, 2.05) is 24.3 Å². The third-order valence-electron chi connectivity index (χ3n) is 5.96. The molecule has 212 valence electrons.